The van der Waals surface area contributed by atoms with Crippen LogP contribution in [0, 0.1) is 5.82 Å². The van der Waals surface area contributed by atoms with Crippen LogP contribution in [0.2, 0.25) is 0 Å². The predicted octanol–water partition coefficient (Wildman–Crippen LogP) is 1.45. The second-order valence-corrected chi connectivity index (χ2v) is 8.53. The van der Waals surface area contributed by atoms with Crippen molar-refractivity contribution in [3.63, 3.8) is 0 Å². The Bertz CT molecular complexity index is 1070. The molecule has 7 nitrogen and oxygen atoms in total. The van der Waals surface area contributed by atoms with Crippen LogP contribution >= 0.6 is 0 Å². The Hall–Kier alpha value is -2.81. The maximum atomic E-state index is 14.5. The van der Waals surface area contributed by atoms with Crippen LogP contribution in [0.15, 0.2) is 47.6 Å². The molecule has 0 saturated heterocycles. The van der Waals surface area contributed by atoms with Crippen LogP contribution in [0.1, 0.15) is 29.9 Å². The summed E-state index contributed by atoms with van der Waals surface area (Å²) in [5.74, 6) is -1.61. The minimum absolute atomic E-state index is 0.0480. The number of carbonyl (C=O) groups is 1. The molecule has 1 aromatic carbocycles. The maximum absolute atomic E-state index is 14.5. The molecule has 0 amide bonds. The number of hydrogen-bond acceptors (Lipinski definition) is 6. The zero-order chi connectivity index (χ0) is 20.7. The van der Waals surface area contributed by atoms with Crippen molar-refractivity contribution in [2.45, 2.75) is 18.9 Å². The quantitative estimate of drug-likeness (QED) is 0.794. The highest BCUT2D eigenvalue weighted by atomic mass is 32.2. The predicted molar refractivity (Wildman–Crippen MR) is 99.2 cm³/mol. The molecule has 1 aromatic heterocycles. The van der Waals surface area contributed by atoms with Gasteiger partial charge in [0, 0.05) is 25.2 Å². The number of sulfonamides is 1. The van der Waals surface area contributed by atoms with Crippen molar-refractivity contribution in [3.8, 4) is 0 Å². The number of rotatable bonds is 4. The van der Waals surface area contributed by atoms with Crippen molar-refractivity contribution in [1.29, 1.82) is 0 Å². The number of ketones is 1. The second-order valence-electron chi connectivity index (χ2n) is 6.53. The molecule has 0 spiro atoms. The Morgan fingerprint density at radius 2 is 2.19 bits per heavy atom. The molecule has 9 heteroatoms. The third-order valence-electron chi connectivity index (χ3n) is 4.44. The standard InChI is InChI=1S/C18H19FN4O3S/c1-18(11-27(25,26)23(2)17(20)22-18)13-9-12(6-7-14(13)19)10-16(24)15-5-3-4-8-21-15/h3-9H,10-11H2,1-2H3,(H2,20,22)/t18-/m0/s1/i4D. The van der Waals surface area contributed by atoms with Crippen molar-refractivity contribution in [2.24, 2.45) is 10.7 Å². The van der Waals surface area contributed by atoms with Gasteiger partial charge >= 0.3 is 0 Å². The number of hydrogen-bond donors (Lipinski definition) is 1. The second kappa shape index (κ2) is 6.73. The summed E-state index contributed by atoms with van der Waals surface area (Å²) < 4.78 is 47.5. The molecule has 1 atom stereocenters. The average Bonchev–Trinajstić information content (AvgIpc) is 2.61. The first-order chi connectivity index (χ1) is 13.0. The first-order valence-electron chi connectivity index (χ1n) is 8.58. The summed E-state index contributed by atoms with van der Waals surface area (Å²) in [5, 5.41) is 0. The summed E-state index contributed by atoms with van der Waals surface area (Å²) in [6.07, 6.45) is 1.21. The Kier molecular flexibility index (Phi) is 4.39. The molecular formula is C18H19FN4O3S. The highest BCUT2D eigenvalue weighted by Gasteiger charge is 2.41. The molecule has 0 bridgehead atoms. The average molecular weight is 391 g/mol. The first kappa shape index (κ1) is 17.6. The number of aliphatic imine (C=N–C) groups is 1. The Morgan fingerprint density at radius 1 is 1.44 bits per heavy atom. The smallest absolute Gasteiger partial charge is 0.239 e. The summed E-state index contributed by atoms with van der Waals surface area (Å²) in [4.78, 5) is 20.5. The number of aromatic nitrogens is 1. The van der Waals surface area contributed by atoms with Gasteiger partial charge in [0.2, 0.25) is 16.0 Å². The van der Waals surface area contributed by atoms with E-state index in [4.69, 9.17) is 7.10 Å². The molecule has 2 N–H and O–H groups in total. The van der Waals surface area contributed by atoms with Crippen LogP contribution in [-0.4, -0.2) is 42.3 Å². The molecule has 2 aromatic rings. The molecular weight excluding hydrogens is 371 g/mol. The molecule has 1 aliphatic rings. The summed E-state index contributed by atoms with van der Waals surface area (Å²) in [7, 11) is -2.46. The van der Waals surface area contributed by atoms with E-state index in [1.807, 2.05) is 0 Å². The SMILES string of the molecule is [2H]c1ccc(C(=O)Cc2ccc(F)c([C@]3(C)CS(=O)(=O)N(C)C(N)=N3)c2)nc1. The Labute approximate surface area is 158 Å². The lowest BCUT2D eigenvalue weighted by molar-refractivity contribution is 0.0988. The first-order valence-corrected chi connectivity index (χ1v) is 9.69. The van der Waals surface area contributed by atoms with Gasteiger partial charge in [-0.1, -0.05) is 12.1 Å². The zero-order valence-corrected chi connectivity index (χ0v) is 15.6. The van der Waals surface area contributed by atoms with E-state index in [-0.39, 0.29) is 35.5 Å². The fourth-order valence-electron chi connectivity index (χ4n) is 2.94. The van der Waals surface area contributed by atoms with Crippen LogP contribution in [0.5, 0.6) is 0 Å². The Balaban J connectivity index is 1.96. The number of pyridine rings is 1. The van der Waals surface area contributed by atoms with Crippen LogP contribution < -0.4 is 5.73 Å². The van der Waals surface area contributed by atoms with E-state index in [0.717, 1.165) is 4.31 Å². The van der Waals surface area contributed by atoms with Gasteiger partial charge < -0.3 is 5.73 Å². The minimum atomic E-state index is -3.75. The highest BCUT2D eigenvalue weighted by molar-refractivity contribution is 7.89. The number of carbonyl (C=O) groups excluding carboxylic acids is 1. The number of halogens is 1. The largest absolute Gasteiger partial charge is 0.369 e. The Morgan fingerprint density at radius 3 is 2.81 bits per heavy atom. The molecule has 0 fully saturated rings. The molecule has 0 saturated carbocycles. The van der Waals surface area contributed by atoms with Gasteiger partial charge in [-0.15, -0.1) is 0 Å². The number of guanidine groups is 1. The van der Waals surface area contributed by atoms with E-state index in [2.05, 4.69) is 9.98 Å². The summed E-state index contributed by atoms with van der Waals surface area (Å²) in [6, 6.07) is 7.16. The lowest BCUT2D eigenvalue weighted by Crippen LogP contribution is -2.50. The van der Waals surface area contributed by atoms with E-state index in [0.29, 0.717) is 5.56 Å². The normalized spacial score (nSPS) is 22.1. The number of benzene rings is 1. The van der Waals surface area contributed by atoms with E-state index >= 15 is 0 Å². The zero-order valence-electron chi connectivity index (χ0n) is 15.8. The van der Waals surface area contributed by atoms with Gasteiger partial charge in [-0.3, -0.25) is 9.78 Å². The van der Waals surface area contributed by atoms with Crippen molar-refractivity contribution in [1.82, 2.24) is 9.29 Å². The lowest BCUT2D eigenvalue weighted by Gasteiger charge is -2.34. The highest BCUT2D eigenvalue weighted by Crippen LogP contribution is 2.34. The van der Waals surface area contributed by atoms with Gasteiger partial charge in [-0.25, -0.2) is 22.1 Å². The van der Waals surface area contributed by atoms with Gasteiger partial charge in [-0.2, -0.15) is 0 Å². The van der Waals surface area contributed by atoms with Gasteiger partial charge in [0.25, 0.3) is 0 Å². The van der Waals surface area contributed by atoms with Crippen molar-refractivity contribution >= 4 is 21.8 Å². The molecule has 2 heterocycles. The van der Waals surface area contributed by atoms with Crippen LogP contribution in [0.25, 0.3) is 0 Å². The van der Waals surface area contributed by atoms with Crippen molar-refractivity contribution < 1.29 is 19.0 Å². The van der Waals surface area contributed by atoms with E-state index in [9.17, 15) is 17.6 Å². The molecule has 0 radical (unpaired) electrons. The number of nitrogens with two attached hydrogens (primary N) is 1. The van der Waals surface area contributed by atoms with Crippen molar-refractivity contribution in [3.05, 3.63) is 65.2 Å². The van der Waals surface area contributed by atoms with Gasteiger partial charge in [0.1, 0.15) is 17.1 Å². The summed E-state index contributed by atoms with van der Waals surface area (Å²) in [6.45, 7) is 1.49. The minimum Gasteiger partial charge on any atom is -0.369 e. The summed E-state index contributed by atoms with van der Waals surface area (Å²) in [5.41, 5.74) is 5.04. The third kappa shape index (κ3) is 3.68. The fourth-order valence-corrected chi connectivity index (χ4v) is 4.39. The number of Topliss-reactive ketones (excluding diaryl/α,β-unsaturated/α-hetero) is 1. The third-order valence-corrected chi connectivity index (χ3v) is 6.39. The van der Waals surface area contributed by atoms with Crippen LogP contribution in [0.4, 0.5) is 4.39 Å². The molecule has 27 heavy (non-hydrogen) atoms. The van der Waals surface area contributed by atoms with E-state index in [1.54, 1.807) is 0 Å². The van der Waals surface area contributed by atoms with Gasteiger partial charge in [0.05, 0.1) is 7.12 Å². The van der Waals surface area contributed by atoms with E-state index < -0.39 is 27.1 Å². The van der Waals surface area contributed by atoms with Crippen LogP contribution in [0.3, 0.4) is 0 Å². The molecule has 142 valence electrons. The number of nitrogens with zero attached hydrogens (tertiary/aromatic N) is 3. The van der Waals surface area contributed by atoms with Crippen LogP contribution in [-0.2, 0) is 22.0 Å². The van der Waals surface area contributed by atoms with E-state index in [1.165, 1.54) is 50.5 Å². The topological polar surface area (TPSA) is 106 Å². The molecule has 0 unspecified atom stereocenters. The lowest BCUT2D eigenvalue weighted by atomic mass is 9.91. The van der Waals surface area contributed by atoms with Gasteiger partial charge in [-0.05, 0) is 36.7 Å². The monoisotopic (exact) mass is 391 g/mol. The fraction of sp³-hybridized carbons (Fsp3) is 0.278. The summed E-state index contributed by atoms with van der Waals surface area (Å²) >= 11 is 0. The maximum Gasteiger partial charge on any atom is 0.239 e. The molecule has 3 rings (SSSR count). The van der Waals surface area contributed by atoms with Crippen molar-refractivity contribution in [2.75, 3.05) is 12.8 Å². The molecule has 1 aliphatic heterocycles. The molecule has 0 aliphatic carbocycles. The van der Waals surface area contributed by atoms with Gasteiger partial charge in [0.15, 0.2) is 5.78 Å².